The summed E-state index contributed by atoms with van der Waals surface area (Å²) in [5.74, 6) is -4.93. The van der Waals surface area contributed by atoms with Gasteiger partial charge in [-0.05, 0) is 6.07 Å². The number of aliphatic hydroxyl groups is 1. The number of ether oxygens (including phenoxy) is 1. The zero-order valence-corrected chi connectivity index (χ0v) is 7.93. The second-order valence-electron chi connectivity index (χ2n) is 2.90. The van der Waals surface area contributed by atoms with Crippen molar-refractivity contribution in [2.45, 2.75) is 6.04 Å². The molecule has 15 heavy (non-hydrogen) atoms. The van der Waals surface area contributed by atoms with E-state index in [1.54, 1.807) is 0 Å². The van der Waals surface area contributed by atoms with E-state index in [4.69, 9.17) is 10.8 Å². The van der Waals surface area contributed by atoms with Crippen molar-refractivity contribution in [1.29, 1.82) is 0 Å². The molecule has 3 nitrogen and oxygen atoms in total. The fraction of sp³-hybridized carbons (Fsp3) is 0.333. The molecule has 84 valence electrons. The number of hydrogen-bond donors (Lipinski definition) is 2. The van der Waals surface area contributed by atoms with Crippen LogP contribution in [0.15, 0.2) is 6.07 Å². The van der Waals surface area contributed by atoms with Gasteiger partial charge in [0, 0.05) is 5.56 Å². The van der Waals surface area contributed by atoms with Gasteiger partial charge in [0.05, 0.1) is 19.8 Å². The van der Waals surface area contributed by atoms with Gasteiger partial charge in [-0.1, -0.05) is 0 Å². The van der Waals surface area contributed by atoms with E-state index in [0.717, 1.165) is 7.11 Å². The summed E-state index contributed by atoms with van der Waals surface area (Å²) in [6.45, 7) is -0.527. The molecule has 0 saturated carbocycles. The standard InChI is InChI=1S/C9H10F3NO2/c1-15-9-4(6(13)3-14)2-5(10)7(11)8(9)12/h2,6,14H,3,13H2,1H3. The van der Waals surface area contributed by atoms with E-state index in [2.05, 4.69) is 4.74 Å². The zero-order valence-electron chi connectivity index (χ0n) is 7.93. The summed E-state index contributed by atoms with van der Waals surface area (Å²) >= 11 is 0. The fourth-order valence-corrected chi connectivity index (χ4v) is 1.18. The summed E-state index contributed by atoms with van der Waals surface area (Å²) in [5, 5.41) is 8.74. The van der Waals surface area contributed by atoms with Crippen LogP contribution in [0, 0.1) is 17.5 Å². The average Bonchev–Trinajstić information content (AvgIpc) is 2.24. The number of rotatable bonds is 3. The largest absolute Gasteiger partial charge is 0.493 e. The van der Waals surface area contributed by atoms with Crippen LogP contribution < -0.4 is 10.5 Å². The van der Waals surface area contributed by atoms with Gasteiger partial charge in [-0.3, -0.25) is 0 Å². The maximum absolute atomic E-state index is 13.1. The molecule has 0 amide bonds. The van der Waals surface area contributed by atoms with Crippen molar-refractivity contribution in [3.8, 4) is 5.75 Å². The Morgan fingerprint density at radius 3 is 2.47 bits per heavy atom. The van der Waals surface area contributed by atoms with Crippen LogP contribution in [0.2, 0.25) is 0 Å². The molecule has 0 aliphatic carbocycles. The molecule has 1 atom stereocenters. The average molecular weight is 221 g/mol. The van der Waals surface area contributed by atoms with Gasteiger partial charge >= 0.3 is 0 Å². The molecule has 3 N–H and O–H groups in total. The highest BCUT2D eigenvalue weighted by Crippen LogP contribution is 2.30. The molecule has 0 heterocycles. The third-order valence-electron chi connectivity index (χ3n) is 1.95. The third kappa shape index (κ3) is 2.05. The van der Waals surface area contributed by atoms with Gasteiger partial charge in [0.15, 0.2) is 17.4 Å². The van der Waals surface area contributed by atoms with Crippen molar-refractivity contribution in [2.24, 2.45) is 5.73 Å². The molecule has 0 saturated heterocycles. The molecule has 1 aromatic carbocycles. The van der Waals surface area contributed by atoms with Crippen molar-refractivity contribution >= 4 is 0 Å². The minimum Gasteiger partial charge on any atom is -0.493 e. The number of aliphatic hydroxyl groups excluding tert-OH is 1. The monoisotopic (exact) mass is 221 g/mol. The van der Waals surface area contributed by atoms with Crippen LogP contribution in [0.4, 0.5) is 13.2 Å². The van der Waals surface area contributed by atoms with E-state index in [1.165, 1.54) is 0 Å². The molecule has 1 aromatic rings. The maximum atomic E-state index is 13.1. The molecule has 0 aliphatic rings. The Labute approximate surface area is 84.3 Å². The van der Waals surface area contributed by atoms with E-state index in [-0.39, 0.29) is 5.56 Å². The molecule has 0 aromatic heterocycles. The predicted molar refractivity (Wildman–Crippen MR) is 46.9 cm³/mol. The van der Waals surface area contributed by atoms with Crippen molar-refractivity contribution < 1.29 is 23.0 Å². The lowest BCUT2D eigenvalue weighted by Crippen LogP contribution is -2.17. The minimum atomic E-state index is -1.62. The van der Waals surface area contributed by atoms with Crippen molar-refractivity contribution in [1.82, 2.24) is 0 Å². The van der Waals surface area contributed by atoms with E-state index in [9.17, 15) is 13.2 Å². The van der Waals surface area contributed by atoms with E-state index < -0.39 is 35.8 Å². The van der Waals surface area contributed by atoms with Crippen LogP contribution in [-0.4, -0.2) is 18.8 Å². The first-order chi connectivity index (χ1) is 7.02. The van der Waals surface area contributed by atoms with Gasteiger partial charge in [0.25, 0.3) is 0 Å². The van der Waals surface area contributed by atoms with Crippen LogP contribution in [0.25, 0.3) is 0 Å². The minimum absolute atomic E-state index is 0.114. The Morgan fingerprint density at radius 2 is 2.00 bits per heavy atom. The molecule has 1 unspecified atom stereocenters. The van der Waals surface area contributed by atoms with Gasteiger partial charge < -0.3 is 15.6 Å². The number of methoxy groups -OCH3 is 1. The van der Waals surface area contributed by atoms with Crippen molar-refractivity contribution in [3.63, 3.8) is 0 Å². The molecular weight excluding hydrogens is 211 g/mol. The number of halogens is 3. The quantitative estimate of drug-likeness (QED) is 0.751. The SMILES string of the molecule is COc1c(C(N)CO)cc(F)c(F)c1F. The number of nitrogens with two attached hydrogens (primary N) is 1. The third-order valence-corrected chi connectivity index (χ3v) is 1.95. The highest BCUT2D eigenvalue weighted by Gasteiger charge is 2.22. The lowest BCUT2D eigenvalue weighted by molar-refractivity contribution is 0.261. The number of benzene rings is 1. The summed E-state index contributed by atoms with van der Waals surface area (Å²) in [4.78, 5) is 0. The summed E-state index contributed by atoms with van der Waals surface area (Å²) in [7, 11) is 1.10. The van der Waals surface area contributed by atoms with E-state index in [1.807, 2.05) is 0 Å². The van der Waals surface area contributed by atoms with Crippen LogP contribution >= 0.6 is 0 Å². The van der Waals surface area contributed by atoms with Gasteiger partial charge in [-0.15, -0.1) is 0 Å². The second kappa shape index (κ2) is 4.50. The number of hydrogen-bond acceptors (Lipinski definition) is 3. The van der Waals surface area contributed by atoms with E-state index >= 15 is 0 Å². The lowest BCUT2D eigenvalue weighted by Gasteiger charge is -2.14. The second-order valence-corrected chi connectivity index (χ2v) is 2.90. The molecule has 0 spiro atoms. The van der Waals surface area contributed by atoms with Gasteiger partial charge in [0.2, 0.25) is 5.82 Å². The fourth-order valence-electron chi connectivity index (χ4n) is 1.18. The van der Waals surface area contributed by atoms with Crippen LogP contribution in [0.3, 0.4) is 0 Å². The van der Waals surface area contributed by atoms with Crippen molar-refractivity contribution in [2.75, 3.05) is 13.7 Å². The Hall–Kier alpha value is -1.27. The Balaban J connectivity index is 3.38. The zero-order chi connectivity index (χ0) is 11.6. The molecule has 1 rings (SSSR count). The lowest BCUT2D eigenvalue weighted by atomic mass is 10.1. The molecule has 0 aliphatic heterocycles. The normalized spacial score (nSPS) is 12.7. The van der Waals surface area contributed by atoms with Crippen LogP contribution in [0.5, 0.6) is 5.75 Å². The summed E-state index contributed by atoms with van der Waals surface area (Å²) in [5.41, 5.74) is 5.26. The Kier molecular flexibility index (Phi) is 3.54. The van der Waals surface area contributed by atoms with Crippen LogP contribution in [0.1, 0.15) is 11.6 Å². The van der Waals surface area contributed by atoms with Gasteiger partial charge in [0.1, 0.15) is 0 Å². The molecule has 0 bridgehead atoms. The summed E-state index contributed by atoms with van der Waals surface area (Å²) < 4.78 is 43.3. The molecule has 0 radical (unpaired) electrons. The highest BCUT2D eigenvalue weighted by atomic mass is 19.2. The summed E-state index contributed by atoms with van der Waals surface area (Å²) in [6.07, 6.45) is 0. The van der Waals surface area contributed by atoms with E-state index in [0.29, 0.717) is 6.07 Å². The molecule has 0 fully saturated rings. The summed E-state index contributed by atoms with van der Waals surface area (Å²) in [6, 6.07) is -0.317. The molecule has 6 heteroatoms. The Morgan fingerprint density at radius 1 is 1.40 bits per heavy atom. The smallest absolute Gasteiger partial charge is 0.204 e. The van der Waals surface area contributed by atoms with Gasteiger partial charge in [-0.25, -0.2) is 8.78 Å². The maximum Gasteiger partial charge on any atom is 0.204 e. The first-order valence-electron chi connectivity index (χ1n) is 4.10. The van der Waals surface area contributed by atoms with Gasteiger partial charge in [-0.2, -0.15) is 4.39 Å². The Bertz CT molecular complexity index is 371. The van der Waals surface area contributed by atoms with Crippen molar-refractivity contribution in [3.05, 3.63) is 29.1 Å². The first-order valence-corrected chi connectivity index (χ1v) is 4.10. The highest BCUT2D eigenvalue weighted by molar-refractivity contribution is 5.38. The van der Waals surface area contributed by atoms with Crippen LogP contribution in [-0.2, 0) is 0 Å². The first kappa shape index (κ1) is 11.8. The predicted octanol–water partition coefficient (Wildman–Crippen LogP) is 1.10. The topological polar surface area (TPSA) is 55.5 Å². The molecular formula is C9H10F3NO2.